The number of carbonyl (C=O) groups excluding carboxylic acids is 2. The monoisotopic (exact) mass is 368 g/mol. The summed E-state index contributed by atoms with van der Waals surface area (Å²) >= 11 is 0. The fourth-order valence-corrected chi connectivity index (χ4v) is 3.35. The Hall–Kier alpha value is -2.96. The van der Waals surface area contributed by atoms with Crippen LogP contribution in [0.25, 0.3) is 0 Å². The van der Waals surface area contributed by atoms with Crippen LogP contribution in [0.5, 0.6) is 0 Å². The molecule has 1 aliphatic rings. The molecule has 3 rings (SSSR count). The SMILES string of the molecule is CCC1CCCCN1c1cnc(C(=O)Nc2cccc(C(=O)OC)c2)cn1. The standard InChI is InChI=1S/C20H24N4O3/c1-3-16-9-4-5-10-24(16)18-13-21-17(12-22-18)19(25)23-15-8-6-7-14(11-15)20(26)27-2/h6-8,11-13,16H,3-5,9-10H2,1-2H3,(H,23,25). The third kappa shape index (κ3) is 4.42. The molecule has 1 aromatic carbocycles. The molecule has 0 saturated carbocycles. The first-order valence-corrected chi connectivity index (χ1v) is 9.20. The normalized spacial score (nSPS) is 16.7. The van der Waals surface area contributed by atoms with E-state index in [1.807, 2.05) is 0 Å². The highest BCUT2D eigenvalue weighted by atomic mass is 16.5. The highest BCUT2D eigenvalue weighted by Gasteiger charge is 2.22. The molecular weight excluding hydrogens is 344 g/mol. The summed E-state index contributed by atoms with van der Waals surface area (Å²) in [5, 5.41) is 2.73. The van der Waals surface area contributed by atoms with Crippen LogP contribution < -0.4 is 10.2 Å². The number of esters is 1. The maximum absolute atomic E-state index is 12.4. The van der Waals surface area contributed by atoms with Crippen molar-refractivity contribution in [1.82, 2.24) is 9.97 Å². The van der Waals surface area contributed by atoms with E-state index in [0.717, 1.165) is 31.6 Å². The highest BCUT2D eigenvalue weighted by Crippen LogP contribution is 2.24. The summed E-state index contributed by atoms with van der Waals surface area (Å²) in [6.07, 6.45) is 7.78. The van der Waals surface area contributed by atoms with Crippen molar-refractivity contribution >= 4 is 23.4 Å². The molecule has 1 fully saturated rings. The molecule has 1 N–H and O–H groups in total. The Morgan fingerprint density at radius 3 is 2.81 bits per heavy atom. The number of hydrogen-bond acceptors (Lipinski definition) is 6. The lowest BCUT2D eigenvalue weighted by molar-refractivity contribution is 0.0600. The van der Waals surface area contributed by atoms with Crippen molar-refractivity contribution < 1.29 is 14.3 Å². The number of ether oxygens (including phenoxy) is 1. The number of aromatic nitrogens is 2. The number of piperidine rings is 1. The summed E-state index contributed by atoms with van der Waals surface area (Å²) in [5.74, 6) is -0.0187. The average molecular weight is 368 g/mol. The van der Waals surface area contributed by atoms with Gasteiger partial charge in [0.15, 0.2) is 0 Å². The number of rotatable bonds is 5. The van der Waals surface area contributed by atoms with E-state index in [9.17, 15) is 9.59 Å². The largest absolute Gasteiger partial charge is 0.465 e. The molecule has 1 aromatic heterocycles. The average Bonchev–Trinajstić information content (AvgIpc) is 2.73. The summed E-state index contributed by atoms with van der Waals surface area (Å²) in [6, 6.07) is 7.04. The summed E-state index contributed by atoms with van der Waals surface area (Å²) in [6.45, 7) is 3.15. The number of nitrogens with zero attached hydrogens (tertiary/aromatic N) is 3. The molecule has 1 saturated heterocycles. The fourth-order valence-electron chi connectivity index (χ4n) is 3.35. The van der Waals surface area contributed by atoms with E-state index in [0.29, 0.717) is 17.3 Å². The van der Waals surface area contributed by atoms with Gasteiger partial charge in [0.2, 0.25) is 0 Å². The van der Waals surface area contributed by atoms with E-state index >= 15 is 0 Å². The second-order valence-electron chi connectivity index (χ2n) is 6.54. The van der Waals surface area contributed by atoms with Crippen LogP contribution in [0, 0.1) is 0 Å². The van der Waals surface area contributed by atoms with Gasteiger partial charge in [-0.05, 0) is 43.9 Å². The molecule has 1 aliphatic heterocycles. The molecule has 2 aromatic rings. The van der Waals surface area contributed by atoms with E-state index in [1.165, 1.54) is 19.7 Å². The Bertz CT molecular complexity index is 807. The van der Waals surface area contributed by atoms with Gasteiger partial charge >= 0.3 is 5.97 Å². The van der Waals surface area contributed by atoms with Gasteiger partial charge in [0.25, 0.3) is 5.91 Å². The summed E-state index contributed by atoms with van der Waals surface area (Å²) < 4.78 is 4.69. The number of amides is 1. The molecule has 0 radical (unpaired) electrons. The zero-order valence-electron chi connectivity index (χ0n) is 15.6. The van der Waals surface area contributed by atoms with Crippen molar-refractivity contribution in [3.05, 3.63) is 47.9 Å². The topological polar surface area (TPSA) is 84.4 Å². The Labute approximate surface area is 158 Å². The molecule has 1 atom stereocenters. The minimum Gasteiger partial charge on any atom is -0.465 e. The smallest absolute Gasteiger partial charge is 0.337 e. The minimum atomic E-state index is -0.456. The number of anilines is 2. The third-order valence-corrected chi connectivity index (χ3v) is 4.81. The molecule has 0 bridgehead atoms. The van der Waals surface area contributed by atoms with E-state index < -0.39 is 5.97 Å². The van der Waals surface area contributed by atoms with Gasteiger partial charge in [0.1, 0.15) is 11.5 Å². The summed E-state index contributed by atoms with van der Waals surface area (Å²) in [4.78, 5) is 35.0. The van der Waals surface area contributed by atoms with Crippen LogP contribution in [0.4, 0.5) is 11.5 Å². The van der Waals surface area contributed by atoms with Crippen LogP contribution in [0.15, 0.2) is 36.7 Å². The Balaban J connectivity index is 1.70. The predicted molar refractivity (Wildman–Crippen MR) is 103 cm³/mol. The van der Waals surface area contributed by atoms with Crippen LogP contribution in [-0.4, -0.2) is 41.5 Å². The van der Waals surface area contributed by atoms with Gasteiger partial charge in [-0.15, -0.1) is 0 Å². The van der Waals surface area contributed by atoms with E-state index in [2.05, 4.69) is 27.1 Å². The van der Waals surface area contributed by atoms with Crippen molar-refractivity contribution in [3.63, 3.8) is 0 Å². The van der Waals surface area contributed by atoms with Gasteiger partial charge in [0.05, 0.1) is 25.1 Å². The Morgan fingerprint density at radius 2 is 2.11 bits per heavy atom. The molecule has 27 heavy (non-hydrogen) atoms. The maximum Gasteiger partial charge on any atom is 0.337 e. The molecule has 0 aliphatic carbocycles. The van der Waals surface area contributed by atoms with Gasteiger partial charge in [0, 0.05) is 18.3 Å². The summed E-state index contributed by atoms with van der Waals surface area (Å²) in [5.41, 5.74) is 1.09. The van der Waals surface area contributed by atoms with Crippen LogP contribution in [0.3, 0.4) is 0 Å². The van der Waals surface area contributed by atoms with Crippen LogP contribution in [0.2, 0.25) is 0 Å². The molecular formula is C20H24N4O3. The van der Waals surface area contributed by atoms with Gasteiger partial charge in [-0.1, -0.05) is 13.0 Å². The lowest BCUT2D eigenvalue weighted by atomic mass is 10.0. The molecule has 1 unspecified atom stereocenters. The fraction of sp³-hybridized carbons (Fsp3) is 0.400. The molecule has 1 amide bonds. The van der Waals surface area contributed by atoms with Crippen LogP contribution in [-0.2, 0) is 4.74 Å². The number of carbonyl (C=O) groups is 2. The van der Waals surface area contributed by atoms with E-state index in [4.69, 9.17) is 4.74 Å². The third-order valence-electron chi connectivity index (χ3n) is 4.81. The number of benzene rings is 1. The van der Waals surface area contributed by atoms with Gasteiger partial charge in [-0.25, -0.2) is 14.8 Å². The van der Waals surface area contributed by atoms with Gasteiger partial charge in [-0.3, -0.25) is 4.79 Å². The zero-order chi connectivity index (χ0) is 19.2. The predicted octanol–water partition coefficient (Wildman–Crippen LogP) is 3.28. The zero-order valence-corrected chi connectivity index (χ0v) is 15.6. The second-order valence-corrected chi connectivity index (χ2v) is 6.54. The molecule has 0 spiro atoms. The second kappa shape index (κ2) is 8.62. The number of nitrogens with one attached hydrogen (secondary N) is 1. The molecule has 142 valence electrons. The first-order valence-electron chi connectivity index (χ1n) is 9.20. The number of methoxy groups -OCH3 is 1. The quantitative estimate of drug-likeness (QED) is 0.815. The van der Waals surface area contributed by atoms with Gasteiger partial charge < -0.3 is 15.0 Å². The van der Waals surface area contributed by atoms with Crippen molar-refractivity contribution in [3.8, 4) is 0 Å². The number of hydrogen-bond donors (Lipinski definition) is 1. The van der Waals surface area contributed by atoms with Crippen molar-refractivity contribution in [2.24, 2.45) is 0 Å². The van der Waals surface area contributed by atoms with E-state index in [1.54, 1.807) is 30.5 Å². The van der Waals surface area contributed by atoms with Crippen LogP contribution in [0.1, 0.15) is 53.5 Å². The van der Waals surface area contributed by atoms with Gasteiger partial charge in [-0.2, -0.15) is 0 Å². The Morgan fingerprint density at radius 1 is 1.26 bits per heavy atom. The molecule has 7 heteroatoms. The lowest BCUT2D eigenvalue weighted by Gasteiger charge is -2.35. The molecule has 2 heterocycles. The van der Waals surface area contributed by atoms with Crippen molar-refractivity contribution in [1.29, 1.82) is 0 Å². The highest BCUT2D eigenvalue weighted by molar-refractivity contribution is 6.03. The minimum absolute atomic E-state index is 0.229. The first-order chi connectivity index (χ1) is 13.1. The summed E-state index contributed by atoms with van der Waals surface area (Å²) in [7, 11) is 1.32. The maximum atomic E-state index is 12.4. The lowest BCUT2D eigenvalue weighted by Crippen LogP contribution is -2.39. The Kier molecular flexibility index (Phi) is 6.01. The van der Waals surface area contributed by atoms with E-state index in [-0.39, 0.29) is 11.6 Å². The van der Waals surface area contributed by atoms with Crippen LogP contribution >= 0.6 is 0 Å². The van der Waals surface area contributed by atoms with Crippen molar-refractivity contribution in [2.45, 2.75) is 38.6 Å². The van der Waals surface area contributed by atoms with Crippen molar-refractivity contribution in [2.75, 3.05) is 23.9 Å². The molecule has 7 nitrogen and oxygen atoms in total. The first kappa shape index (κ1) is 18.8.